The minimum Gasteiger partial charge on any atom is -0.506 e. The van der Waals surface area contributed by atoms with Crippen molar-refractivity contribution >= 4 is 29.0 Å². The number of carboxylic acid groups (broad SMARTS) is 1. The summed E-state index contributed by atoms with van der Waals surface area (Å²) in [6, 6.07) is 5.23. The molecule has 0 fully saturated rings. The Morgan fingerprint density at radius 1 is 1.29 bits per heavy atom. The number of hydrogen-bond donors (Lipinski definition) is 4. The molecule has 0 aliphatic carbocycles. The summed E-state index contributed by atoms with van der Waals surface area (Å²) in [4.78, 5) is 23.5. The van der Waals surface area contributed by atoms with Crippen LogP contribution in [0.25, 0.3) is 0 Å². The van der Waals surface area contributed by atoms with Gasteiger partial charge in [0.05, 0.1) is 17.8 Å². The second-order valence-electron chi connectivity index (χ2n) is 4.37. The fourth-order valence-electron chi connectivity index (χ4n) is 1.68. The van der Waals surface area contributed by atoms with E-state index in [2.05, 4.69) is 10.6 Å². The van der Waals surface area contributed by atoms with Crippen molar-refractivity contribution in [3.8, 4) is 5.75 Å². The highest BCUT2D eigenvalue weighted by molar-refractivity contribution is 7.10. The van der Waals surface area contributed by atoms with Gasteiger partial charge in [0.2, 0.25) is 0 Å². The van der Waals surface area contributed by atoms with Crippen LogP contribution < -0.4 is 10.6 Å². The monoisotopic (exact) mass is 306 g/mol. The number of amides is 2. The van der Waals surface area contributed by atoms with Gasteiger partial charge in [0.15, 0.2) is 0 Å². The second kappa shape index (κ2) is 6.27. The molecule has 21 heavy (non-hydrogen) atoms. The van der Waals surface area contributed by atoms with E-state index in [1.807, 2.05) is 18.4 Å². The van der Waals surface area contributed by atoms with E-state index in [9.17, 15) is 14.7 Å². The maximum Gasteiger partial charge on any atom is 0.335 e. The molecule has 0 atom stereocenters. The summed E-state index contributed by atoms with van der Waals surface area (Å²) < 4.78 is 0. The Morgan fingerprint density at radius 2 is 2.05 bits per heavy atom. The molecule has 1 aromatic heterocycles. The molecule has 7 heteroatoms. The number of carbonyl (C=O) groups excluding carboxylic acids is 1. The van der Waals surface area contributed by atoms with Crippen molar-refractivity contribution in [3.63, 3.8) is 0 Å². The van der Waals surface area contributed by atoms with Gasteiger partial charge in [-0.1, -0.05) is 0 Å². The number of urea groups is 1. The van der Waals surface area contributed by atoms with Crippen LogP contribution in [-0.4, -0.2) is 22.2 Å². The third kappa shape index (κ3) is 3.73. The molecule has 0 saturated heterocycles. The number of anilines is 1. The number of aromatic hydroxyl groups is 1. The lowest BCUT2D eigenvalue weighted by molar-refractivity contribution is 0.0696. The normalized spacial score (nSPS) is 10.1. The highest BCUT2D eigenvalue weighted by Gasteiger charge is 2.10. The van der Waals surface area contributed by atoms with E-state index < -0.39 is 12.0 Å². The average molecular weight is 306 g/mol. The molecule has 2 amide bonds. The van der Waals surface area contributed by atoms with E-state index in [1.165, 1.54) is 12.1 Å². The van der Waals surface area contributed by atoms with Crippen LogP contribution in [0.15, 0.2) is 29.6 Å². The van der Waals surface area contributed by atoms with E-state index in [-0.39, 0.29) is 17.0 Å². The van der Waals surface area contributed by atoms with Crippen molar-refractivity contribution in [2.45, 2.75) is 13.5 Å². The maximum atomic E-state index is 11.7. The predicted octanol–water partition coefficient (Wildman–Crippen LogP) is 2.78. The van der Waals surface area contributed by atoms with E-state index >= 15 is 0 Å². The van der Waals surface area contributed by atoms with Gasteiger partial charge in [-0.2, -0.15) is 0 Å². The van der Waals surface area contributed by atoms with Crippen molar-refractivity contribution in [1.82, 2.24) is 5.32 Å². The van der Waals surface area contributed by atoms with Gasteiger partial charge < -0.3 is 20.8 Å². The lowest BCUT2D eigenvalue weighted by Crippen LogP contribution is -2.28. The van der Waals surface area contributed by atoms with Crippen LogP contribution in [-0.2, 0) is 6.54 Å². The molecule has 0 bridgehead atoms. The van der Waals surface area contributed by atoms with Crippen molar-refractivity contribution in [1.29, 1.82) is 0 Å². The van der Waals surface area contributed by atoms with Gasteiger partial charge in [0.25, 0.3) is 0 Å². The fraction of sp³-hybridized carbons (Fsp3) is 0.143. The molecule has 2 rings (SSSR count). The van der Waals surface area contributed by atoms with Gasteiger partial charge in [-0.3, -0.25) is 0 Å². The number of rotatable bonds is 4. The number of aromatic carboxylic acids is 1. The van der Waals surface area contributed by atoms with Crippen LogP contribution in [0.5, 0.6) is 5.75 Å². The molecule has 0 aliphatic heterocycles. The van der Waals surface area contributed by atoms with E-state index in [1.54, 1.807) is 11.3 Å². The lowest BCUT2D eigenvalue weighted by atomic mass is 10.2. The van der Waals surface area contributed by atoms with Crippen LogP contribution in [0.1, 0.15) is 20.8 Å². The number of carboxylic acids is 1. The van der Waals surface area contributed by atoms with Crippen molar-refractivity contribution < 1.29 is 19.8 Å². The molecule has 110 valence electrons. The molecular formula is C14H14N2O4S. The summed E-state index contributed by atoms with van der Waals surface area (Å²) in [5, 5.41) is 25.6. The number of nitrogens with one attached hydrogen (secondary N) is 2. The van der Waals surface area contributed by atoms with Crippen LogP contribution in [0.2, 0.25) is 0 Å². The number of benzene rings is 1. The number of phenolic OH excluding ortho intramolecular Hbond substituents is 1. The summed E-state index contributed by atoms with van der Waals surface area (Å²) in [7, 11) is 0. The molecule has 1 heterocycles. The van der Waals surface area contributed by atoms with Crippen molar-refractivity contribution in [2.75, 3.05) is 5.32 Å². The Labute approximate surface area is 125 Å². The Balaban J connectivity index is 1.96. The van der Waals surface area contributed by atoms with Crippen LogP contribution in [0, 0.1) is 6.92 Å². The first-order valence-electron chi connectivity index (χ1n) is 6.11. The number of aryl methyl sites for hydroxylation is 1. The van der Waals surface area contributed by atoms with Gasteiger partial charge in [-0.15, -0.1) is 11.3 Å². The Morgan fingerprint density at radius 3 is 2.62 bits per heavy atom. The molecule has 2 aromatic rings. The Bertz CT molecular complexity index is 681. The smallest absolute Gasteiger partial charge is 0.335 e. The van der Waals surface area contributed by atoms with Gasteiger partial charge in [-0.25, -0.2) is 9.59 Å². The largest absolute Gasteiger partial charge is 0.506 e. The molecule has 0 saturated carbocycles. The zero-order valence-corrected chi connectivity index (χ0v) is 12.0. The maximum absolute atomic E-state index is 11.7. The molecule has 1 aromatic carbocycles. The summed E-state index contributed by atoms with van der Waals surface area (Å²) in [6.45, 7) is 2.35. The zero-order chi connectivity index (χ0) is 15.4. The van der Waals surface area contributed by atoms with Crippen molar-refractivity contribution in [3.05, 3.63) is 45.6 Å². The third-order valence-corrected chi connectivity index (χ3v) is 3.89. The average Bonchev–Trinajstić information content (AvgIpc) is 2.84. The summed E-state index contributed by atoms with van der Waals surface area (Å²) in [5.74, 6) is -1.44. The standard InChI is InChI=1S/C14H14N2O4S/c1-8-4-5-21-12(8)7-15-14(20)16-10-3-2-9(13(18)19)6-11(10)17/h2-6,17H,7H2,1H3,(H,18,19)(H2,15,16,20). The van der Waals surface area contributed by atoms with Gasteiger partial charge in [0.1, 0.15) is 5.75 Å². The number of carbonyl (C=O) groups is 2. The summed E-state index contributed by atoms with van der Waals surface area (Å²) in [5.41, 5.74) is 1.21. The van der Waals surface area contributed by atoms with Gasteiger partial charge >= 0.3 is 12.0 Å². The molecule has 0 unspecified atom stereocenters. The topological polar surface area (TPSA) is 98.7 Å². The third-order valence-electron chi connectivity index (χ3n) is 2.87. The minimum atomic E-state index is -1.14. The molecule has 0 aliphatic rings. The number of phenols is 1. The lowest BCUT2D eigenvalue weighted by Gasteiger charge is -2.09. The predicted molar refractivity (Wildman–Crippen MR) is 80.0 cm³/mol. The van der Waals surface area contributed by atoms with Gasteiger partial charge in [0, 0.05) is 4.88 Å². The SMILES string of the molecule is Cc1ccsc1CNC(=O)Nc1ccc(C(=O)O)cc1O. The molecule has 6 nitrogen and oxygen atoms in total. The Hall–Kier alpha value is -2.54. The first-order valence-corrected chi connectivity index (χ1v) is 6.99. The summed E-state index contributed by atoms with van der Waals surface area (Å²) in [6.07, 6.45) is 0. The molecular weight excluding hydrogens is 292 g/mol. The molecule has 4 N–H and O–H groups in total. The van der Waals surface area contributed by atoms with Crippen LogP contribution in [0.4, 0.5) is 10.5 Å². The van der Waals surface area contributed by atoms with Crippen LogP contribution >= 0.6 is 11.3 Å². The van der Waals surface area contributed by atoms with E-state index in [0.717, 1.165) is 16.5 Å². The number of thiophene rings is 1. The minimum absolute atomic E-state index is 0.0485. The highest BCUT2D eigenvalue weighted by Crippen LogP contribution is 2.24. The second-order valence-corrected chi connectivity index (χ2v) is 5.37. The van der Waals surface area contributed by atoms with Gasteiger partial charge in [-0.05, 0) is 42.1 Å². The van der Waals surface area contributed by atoms with Crippen LogP contribution in [0.3, 0.4) is 0 Å². The Kier molecular flexibility index (Phi) is 4.44. The highest BCUT2D eigenvalue weighted by atomic mass is 32.1. The van der Waals surface area contributed by atoms with E-state index in [0.29, 0.717) is 6.54 Å². The fourth-order valence-corrected chi connectivity index (χ4v) is 2.53. The summed E-state index contributed by atoms with van der Waals surface area (Å²) >= 11 is 1.55. The molecule has 0 radical (unpaired) electrons. The first-order chi connectivity index (χ1) is 9.97. The van der Waals surface area contributed by atoms with Crippen molar-refractivity contribution in [2.24, 2.45) is 0 Å². The quantitative estimate of drug-likeness (QED) is 0.653. The first kappa shape index (κ1) is 14.9. The zero-order valence-electron chi connectivity index (χ0n) is 11.2. The number of hydrogen-bond acceptors (Lipinski definition) is 4. The molecule has 0 spiro atoms. The van der Waals surface area contributed by atoms with E-state index in [4.69, 9.17) is 5.11 Å².